The van der Waals surface area contributed by atoms with Crippen molar-refractivity contribution >= 4 is 11.6 Å². The van der Waals surface area contributed by atoms with E-state index in [2.05, 4.69) is 22.0 Å². The SMILES string of the molecule is C=CCc1ccc(OCC(=O)Nc2cc(C(F)(F)F)ccc2-n2cncn2)c(OC)c1. The predicted molar refractivity (Wildman–Crippen MR) is 107 cm³/mol. The molecule has 0 aliphatic carbocycles. The zero-order valence-electron chi connectivity index (χ0n) is 16.5. The van der Waals surface area contributed by atoms with Gasteiger partial charge in [-0.05, 0) is 42.3 Å². The highest BCUT2D eigenvalue weighted by Crippen LogP contribution is 2.33. The molecule has 3 aromatic rings. The lowest BCUT2D eigenvalue weighted by Gasteiger charge is -2.15. The van der Waals surface area contributed by atoms with Crippen molar-refractivity contribution in [3.05, 3.63) is 72.8 Å². The summed E-state index contributed by atoms with van der Waals surface area (Å²) in [5, 5.41) is 6.35. The van der Waals surface area contributed by atoms with Crippen molar-refractivity contribution in [1.82, 2.24) is 14.8 Å². The third kappa shape index (κ3) is 5.41. The molecule has 0 fully saturated rings. The van der Waals surface area contributed by atoms with Crippen molar-refractivity contribution in [3.8, 4) is 17.2 Å². The van der Waals surface area contributed by atoms with Crippen molar-refractivity contribution in [2.75, 3.05) is 19.0 Å². The number of benzene rings is 2. The minimum atomic E-state index is -4.57. The van der Waals surface area contributed by atoms with Gasteiger partial charge >= 0.3 is 6.18 Å². The second-order valence-corrected chi connectivity index (χ2v) is 6.38. The van der Waals surface area contributed by atoms with Gasteiger partial charge in [0.15, 0.2) is 18.1 Å². The average molecular weight is 432 g/mol. The Bertz CT molecular complexity index is 1070. The molecule has 0 radical (unpaired) electrons. The van der Waals surface area contributed by atoms with E-state index in [9.17, 15) is 18.0 Å². The molecule has 0 unspecified atom stereocenters. The van der Waals surface area contributed by atoms with Gasteiger partial charge in [0.05, 0.1) is 24.0 Å². The molecule has 7 nitrogen and oxygen atoms in total. The van der Waals surface area contributed by atoms with Crippen LogP contribution < -0.4 is 14.8 Å². The first-order chi connectivity index (χ1) is 14.8. The van der Waals surface area contributed by atoms with E-state index in [1.807, 2.05) is 0 Å². The van der Waals surface area contributed by atoms with E-state index in [4.69, 9.17) is 9.47 Å². The molecule has 2 aromatic carbocycles. The summed E-state index contributed by atoms with van der Waals surface area (Å²) < 4.78 is 51.4. The maximum Gasteiger partial charge on any atom is 0.416 e. The van der Waals surface area contributed by atoms with Crippen LogP contribution >= 0.6 is 0 Å². The fourth-order valence-electron chi connectivity index (χ4n) is 2.80. The first-order valence-electron chi connectivity index (χ1n) is 9.08. The molecule has 31 heavy (non-hydrogen) atoms. The third-order valence-electron chi connectivity index (χ3n) is 4.23. The zero-order chi connectivity index (χ0) is 22.4. The number of halogens is 3. The van der Waals surface area contributed by atoms with E-state index in [0.717, 1.165) is 17.7 Å². The number of hydrogen-bond donors (Lipinski definition) is 1. The minimum Gasteiger partial charge on any atom is -0.493 e. The Labute approximate surface area is 176 Å². The molecule has 1 amide bonds. The molecule has 0 bridgehead atoms. The molecule has 0 saturated carbocycles. The largest absolute Gasteiger partial charge is 0.493 e. The highest BCUT2D eigenvalue weighted by Gasteiger charge is 2.31. The van der Waals surface area contributed by atoms with E-state index < -0.39 is 24.3 Å². The molecule has 162 valence electrons. The Morgan fingerprint density at radius 2 is 2.03 bits per heavy atom. The Kier molecular flexibility index (Phi) is 6.58. The summed E-state index contributed by atoms with van der Waals surface area (Å²) in [6, 6.07) is 8.14. The molecular formula is C21H19F3N4O3. The Morgan fingerprint density at radius 1 is 1.23 bits per heavy atom. The van der Waals surface area contributed by atoms with Gasteiger partial charge in [-0.2, -0.15) is 18.3 Å². The second kappa shape index (κ2) is 9.33. The molecule has 10 heteroatoms. The summed E-state index contributed by atoms with van der Waals surface area (Å²) in [4.78, 5) is 16.2. The predicted octanol–water partition coefficient (Wildman–Crippen LogP) is 4.04. The number of ether oxygens (including phenoxy) is 2. The number of amides is 1. The van der Waals surface area contributed by atoms with E-state index in [1.165, 1.54) is 30.5 Å². The van der Waals surface area contributed by atoms with Crippen LogP contribution in [0.3, 0.4) is 0 Å². The first-order valence-corrected chi connectivity index (χ1v) is 9.08. The van der Waals surface area contributed by atoms with Crippen LogP contribution in [0.5, 0.6) is 11.5 Å². The molecule has 3 rings (SSSR count). The van der Waals surface area contributed by atoms with Gasteiger partial charge in [0.2, 0.25) is 0 Å². The van der Waals surface area contributed by atoms with Crippen molar-refractivity contribution in [1.29, 1.82) is 0 Å². The molecule has 1 N–H and O–H groups in total. The van der Waals surface area contributed by atoms with Crippen molar-refractivity contribution in [2.24, 2.45) is 0 Å². The van der Waals surface area contributed by atoms with Crippen molar-refractivity contribution in [2.45, 2.75) is 12.6 Å². The summed E-state index contributed by atoms with van der Waals surface area (Å²) >= 11 is 0. The Morgan fingerprint density at radius 3 is 2.68 bits per heavy atom. The van der Waals surface area contributed by atoms with E-state index in [1.54, 1.807) is 24.3 Å². The molecule has 0 atom stereocenters. The van der Waals surface area contributed by atoms with Gasteiger partial charge in [0, 0.05) is 0 Å². The maximum atomic E-state index is 13.1. The molecule has 0 aliphatic heterocycles. The minimum absolute atomic E-state index is 0.0813. The number of alkyl halides is 3. The fraction of sp³-hybridized carbons (Fsp3) is 0.190. The highest BCUT2D eigenvalue weighted by molar-refractivity contribution is 5.94. The fourth-order valence-corrected chi connectivity index (χ4v) is 2.80. The molecule has 1 aromatic heterocycles. The van der Waals surface area contributed by atoms with Crippen LogP contribution in [-0.2, 0) is 17.4 Å². The van der Waals surface area contributed by atoms with Gasteiger partial charge in [0.1, 0.15) is 12.7 Å². The van der Waals surface area contributed by atoms with Crippen LogP contribution in [0.15, 0.2) is 61.7 Å². The topological polar surface area (TPSA) is 78.3 Å². The lowest BCUT2D eigenvalue weighted by atomic mass is 10.1. The Hall–Kier alpha value is -3.82. The van der Waals surface area contributed by atoms with Gasteiger partial charge < -0.3 is 14.8 Å². The number of aromatic nitrogens is 3. The number of methoxy groups -OCH3 is 1. The van der Waals surface area contributed by atoms with Crippen LogP contribution in [0.2, 0.25) is 0 Å². The summed E-state index contributed by atoms with van der Waals surface area (Å²) in [6.07, 6.45) is 0.346. The van der Waals surface area contributed by atoms with Gasteiger partial charge in [-0.15, -0.1) is 6.58 Å². The van der Waals surface area contributed by atoms with Crippen molar-refractivity contribution < 1.29 is 27.4 Å². The second-order valence-electron chi connectivity index (χ2n) is 6.38. The zero-order valence-corrected chi connectivity index (χ0v) is 16.5. The number of carbonyl (C=O) groups excluding carboxylic acids is 1. The number of nitrogens with zero attached hydrogens (tertiary/aromatic N) is 3. The number of carbonyl (C=O) groups is 1. The van der Waals surface area contributed by atoms with Gasteiger partial charge in [0.25, 0.3) is 5.91 Å². The van der Waals surface area contributed by atoms with Gasteiger partial charge in [-0.1, -0.05) is 12.1 Å². The Balaban J connectivity index is 1.78. The lowest BCUT2D eigenvalue weighted by molar-refractivity contribution is -0.137. The molecule has 0 saturated heterocycles. The maximum absolute atomic E-state index is 13.1. The molecule has 1 heterocycles. The number of hydrogen-bond acceptors (Lipinski definition) is 5. The van der Waals surface area contributed by atoms with Crippen LogP contribution in [0.1, 0.15) is 11.1 Å². The number of anilines is 1. The smallest absolute Gasteiger partial charge is 0.416 e. The van der Waals surface area contributed by atoms with Crippen LogP contribution in [0, 0.1) is 0 Å². The van der Waals surface area contributed by atoms with Crippen LogP contribution in [0.4, 0.5) is 18.9 Å². The summed E-state index contributed by atoms with van der Waals surface area (Å²) in [7, 11) is 1.47. The molecule has 0 aliphatic rings. The average Bonchev–Trinajstić information content (AvgIpc) is 3.27. The van der Waals surface area contributed by atoms with E-state index in [-0.39, 0.29) is 11.4 Å². The number of rotatable bonds is 8. The van der Waals surface area contributed by atoms with Crippen LogP contribution in [-0.4, -0.2) is 34.4 Å². The quantitative estimate of drug-likeness (QED) is 0.544. The summed E-state index contributed by atoms with van der Waals surface area (Å²) in [6.45, 7) is 3.23. The number of allylic oxidation sites excluding steroid dienone is 1. The van der Waals surface area contributed by atoms with E-state index >= 15 is 0 Å². The summed E-state index contributed by atoms with van der Waals surface area (Å²) in [5.41, 5.74) is 0.185. The lowest BCUT2D eigenvalue weighted by Crippen LogP contribution is -2.22. The monoisotopic (exact) mass is 432 g/mol. The normalized spacial score (nSPS) is 11.1. The van der Waals surface area contributed by atoms with Gasteiger partial charge in [-0.3, -0.25) is 4.79 Å². The highest BCUT2D eigenvalue weighted by atomic mass is 19.4. The molecular weight excluding hydrogens is 413 g/mol. The summed E-state index contributed by atoms with van der Waals surface area (Å²) in [5.74, 6) is 0.0958. The van der Waals surface area contributed by atoms with Crippen molar-refractivity contribution in [3.63, 3.8) is 0 Å². The number of nitrogens with one attached hydrogen (secondary N) is 1. The molecule has 0 spiro atoms. The van der Waals surface area contributed by atoms with Gasteiger partial charge in [-0.25, -0.2) is 9.67 Å². The van der Waals surface area contributed by atoms with E-state index in [0.29, 0.717) is 17.9 Å². The first kappa shape index (κ1) is 21.9. The third-order valence-corrected chi connectivity index (χ3v) is 4.23. The standard InChI is InChI=1S/C21H19F3N4O3/c1-3-4-14-5-8-18(19(9-14)30-2)31-11-20(29)27-16-10-15(21(22,23)24)6-7-17(16)28-13-25-12-26-28/h3,5-10,12-13H,1,4,11H2,2H3,(H,27,29). The van der Waals surface area contributed by atoms with Crippen LogP contribution in [0.25, 0.3) is 5.69 Å².